The van der Waals surface area contributed by atoms with E-state index < -0.39 is 17.6 Å². The molecule has 1 heterocycles. The first-order valence-corrected chi connectivity index (χ1v) is 8.95. The average molecular weight is 377 g/mol. The number of carbonyl (C=O) groups is 2. The fourth-order valence-electron chi connectivity index (χ4n) is 3.22. The number of nitrogens with zero attached hydrogens (tertiary/aromatic N) is 1. The maximum Gasteiger partial charge on any atom is 0.308 e. The Bertz CT molecular complexity index is 783. The van der Waals surface area contributed by atoms with Crippen molar-refractivity contribution in [3.8, 4) is 0 Å². The smallest absolute Gasteiger partial charge is 0.308 e. The molecule has 0 bridgehead atoms. The Morgan fingerprint density at radius 2 is 1.69 bits per heavy atom. The number of carboxylic acids is 1. The van der Waals surface area contributed by atoms with Crippen molar-refractivity contribution in [2.75, 3.05) is 13.1 Å². The Morgan fingerprint density at radius 3 is 2.27 bits per heavy atom. The van der Waals surface area contributed by atoms with E-state index in [0.29, 0.717) is 28.8 Å². The largest absolute Gasteiger partial charge is 0.481 e. The Kier molecular flexibility index (Phi) is 5.56. The number of alkyl halides is 2. The van der Waals surface area contributed by atoms with Crippen molar-refractivity contribution in [2.24, 2.45) is 5.92 Å². The highest BCUT2D eigenvalue weighted by Gasteiger charge is 2.40. The predicted octanol–water partition coefficient (Wildman–Crippen LogP) is 3.94. The minimum absolute atomic E-state index is 0.126. The van der Waals surface area contributed by atoms with Crippen LogP contribution in [0, 0.1) is 5.92 Å². The van der Waals surface area contributed by atoms with E-state index in [2.05, 4.69) is 0 Å². The summed E-state index contributed by atoms with van der Waals surface area (Å²) < 4.78 is 24.8. The molecule has 0 radical (unpaired) electrons. The zero-order valence-corrected chi connectivity index (χ0v) is 14.5. The second-order valence-electron chi connectivity index (χ2n) is 6.07. The quantitative estimate of drug-likeness (QED) is 0.802. The Hall–Kier alpha value is -2.41. The van der Waals surface area contributed by atoms with Crippen molar-refractivity contribution in [3.05, 3.63) is 65.7 Å². The molecule has 26 heavy (non-hydrogen) atoms. The molecule has 1 aliphatic heterocycles. The summed E-state index contributed by atoms with van der Waals surface area (Å²) in [6, 6.07) is 15.2. The number of thioether (sulfide) groups is 1. The van der Waals surface area contributed by atoms with E-state index in [1.54, 1.807) is 0 Å². The topological polar surface area (TPSA) is 57.6 Å². The fraction of sp³-hybridized carbons (Fsp3) is 0.263. The average Bonchev–Trinajstić information content (AvgIpc) is 3.08. The third-order valence-corrected chi connectivity index (χ3v) is 5.20. The molecule has 2 unspecified atom stereocenters. The van der Waals surface area contributed by atoms with Gasteiger partial charge >= 0.3 is 5.97 Å². The van der Waals surface area contributed by atoms with E-state index in [1.165, 1.54) is 29.2 Å². The van der Waals surface area contributed by atoms with E-state index in [9.17, 15) is 23.5 Å². The highest BCUT2D eigenvalue weighted by atomic mass is 32.2. The highest BCUT2D eigenvalue weighted by molar-refractivity contribution is 7.99. The lowest BCUT2D eigenvalue weighted by Gasteiger charge is -2.17. The van der Waals surface area contributed by atoms with Crippen LogP contribution in [-0.2, 0) is 4.79 Å². The van der Waals surface area contributed by atoms with Crippen LogP contribution in [-0.4, -0.2) is 40.7 Å². The van der Waals surface area contributed by atoms with E-state index >= 15 is 0 Å². The van der Waals surface area contributed by atoms with E-state index in [-0.39, 0.29) is 18.4 Å². The zero-order valence-electron chi connectivity index (χ0n) is 13.7. The second-order valence-corrected chi connectivity index (χ2v) is 7.14. The summed E-state index contributed by atoms with van der Waals surface area (Å²) >= 11 is 0.417. The number of amides is 1. The normalized spacial score (nSPS) is 19.7. The van der Waals surface area contributed by atoms with Crippen molar-refractivity contribution in [3.63, 3.8) is 0 Å². The number of carboxylic acid groups (broad SMARTS) is 1. The van der Waals surface area contributed by atoms with Crippen molar-refractivity contribution < 1.29 is 23.5 Å². The third-order valence-electron chi connectivity index (χ3n) is 4.48. The minimum atomic E-state index is -2.52. The van der Waals surface area contributed by atoms with Gasteiger partial charge in [-0.05, 0) is 29.8 Å². The summed E-state index contributed by atoms with van der Waals surface area (Å²) in [5.41, 5.74) is 1.25. The first kappa shape index (κ1) is 18.4. The molecule has 136 valence electrons. The molecular formula is C19H17F2NO3S. The van der Waals surface area contributed by atoms with Crippen molar-refractivity contribution in [2.45, 2.75) is 16.6 Å². The maximum absolute atomic E-state index is 12.7. The van der Waals surface area contributed by atoms with E-state index in [4.69, 9.17) is 0 Å². The van der Waals surface area contributed by atoms with Crippen molar-refractivity contribution >= 4 is 23.6 Å². The molecule has 3 rings (SSSR count). The van der Waals surface area contributed by atoms with Gasteiger partial charge in [-0.3, -0.25) is 9.59 Å². The van der Waals surface area contributed by atoms with Crippen LogP contribution < -0.4 is 0 Å². The van der Waals surface area contributed by atoms with Gasteiger partial charge in [0, 0.05) is 29.5 Å². The predicted molar refractivity (Wildman–Crippen MR) is 94.5 cm³/mol. The molecule has 7 heteroatoms. The van der Waals surface area contributed by atoms with Crippen molar-refractivity contribution in [1.82, 2.24) is 4.90 Å². The molecule has 1 saturated heterocycles. The number of rotatable bonds is 5. The van der Waals surface area contributed by atoms with Gasteiger partial charge in [0.15, 0.2) is 0 Å². The lowest BCUT2D eigenvalue weighted by atomic mass is 9.89. The molecule has 1 aliphatic rings. The number of hydrogen-bond acceptors (Lipinski definition) is 3. The molecule has 0 spiro atoms. The van der Waals surface area contributed by atoms with Crippen LogP contribution in [0.2, 0.25) is 0 Å². The van der Waals surface area contributed by atoms with Crippen LogP contribution in [0.25, 0.3) is 0 Å². The minimum Gasteiger partial charge on any atom is -0.481 e. The molecule has 2 atom stereocenters. The number of likely N-dealkylation sites (tertiary alicyclic amines) is 1. The van der Waals surface area contributed by atoms with Gasteiger partial charge in [0.05, 0.1) is 5.92 Å². The van der Waals surface area contributed by atoms with Gasteiger partial charge in [-0.2, -0.15) is 8.78 Å². The summed E-state index contributed by atoms with van der Waals surface area (Å²) in [7, 11) is 0. The standard InChI is InChI=1S/C19H17F2NO3S/c20-19(21)26-14-8-6-13(7-9-14)17(23)22-10-15(16(11-22)18(24)25)12-4-2-1-3-5-12/h1-9,15-16,19H,10-11H2,(H,24,25). The maximum atomic E-state index is 12.7. The van der Waals surface area contributed by atoms with Crippen LogP contribution in [0.1, 0.15) is 21.8 Å². The SMILES string of the molecule is O=C(O)C1CN(C(=O)c2ccc(SC(F)F)cc2)CC1c1ccccc1. The monoisotopic (exact) mass is 377 g/mol. The van der Waals surface area contributed by atoms with Gasteiger partial charge in [-0.25, -0.2) is 0 Å². The summed E-state index contributed by atoms with van der Waals surface area (Å²) in [6.45, 7) is 0.439. The summed E-state index contributed by atoms with van der Waals surface area (Å²) in [5, 5.41) is 9.52. The van der Waals surface area contributed by atoms with E-state index in [0.717, 1.165) is 5.56 Å². The molecule has 4 nitrogen and oxygen atoms in total. The van der Waals surface area contributed by atoms with Crippen molar-refractivity contribution in [1.29, 1.82) is 0 Å². The first-order valence-electron chi connectivity index (χ1n) is 8.07. The van der Waals surface area contributed by atoms with Gasteiger partial charge in [0.1, 0.15) is 0 Å². The number of benzene rings is 2. The molecule has 1 N–H and O–H groups in total. The number of carbonyl (C=O) groups excluding carboxylic acids is 1. The van der Waals surface area contributed by atoms with Crippen LogP contribution in [0.4, 0.5) is 8.78 Å². The molecule has 0 aliphatic carbocycles. The highest BCUT2D eigenvalue weighted by Crippen LogP contribution is 2.34. The number of halogens is 2. The second kappa shape index (κ2) is 7.86. The molecular weight excluding hydrogens is 360 g/mol. The fourth-order valence-corrected chi connectivity index (χ4v) is 3.72. The lowest BCUT2D eigenvalue weighted by molar-refractivity contribution is -0.141. The Morgan fingerprint density at radius 1 is 1.04 bits per heavy atom. The van der Waals surface area contributed by atoms with Crippen LogP contribution in [0.3, 0.4) is 0 Å². The van der Waals surface area contributed by atoms with Gasteiger partial charge < -0.3 is 10.0 Å². The van der Waals surface area contributed by atoms with Gasteiger partial charge in [-0.15, -0.1) is 0 Å². The molecule has 0 saturated carbocycles. The van der Waals surface area contributed by atoms with Crippen LogP contribution in [0.5, 0.6) is 0 Å². The molecule has 1 fully saturated rings. The molecule has 1 amide bonds. The van der Waals surface area contributed by atoms with E-state index in [1.807, 2.05) is 30.3 Å². The van der Waals surface area contributed by atoms with Gasteiger partial charge in [-0.1, -0.05) is 42.1 Å². The van der Waals surface area contributed by atoms with Gasteiger partial charge in [0.25, 0.3) is 11.7 Å². The molecule has 0 aromatic heterocycles. The summed E-state index contributed by atoms with van der Waals surface area (Å²) in [6.07, 6.45) is 0. The summed E-state index contributed by atoms with van der Waals surface area (Å²) in [4.78, 5) is 26.2. The molecule has 2 aromatic rings. The lowest BCUT2D eigenvalue weighted by Crippen LogP contribution is -2.29. The molecule has 2 aromatic carbocycles. The number of hydrogen-bond donors (Lipinski definition) is 1. The van der Waals surface area contributed by atoms with Gasteiger partial charge in [0.2, 0.25) is 0 Å². The summed E-state index contributed by atoms with van der Waals surface area (Å²) in [5.74, 6) is -4.68. The zero-order chi connectivity index (χ0) is 18.7. The third kappa shape index (κ3) is 4.04. The van der Waals surface area contributed by atoms with Crippen LogP contribution >= 0.6 is 11.8 Å². The first-order chi connectivity index (χ1) is 12.5. The number of aliphatic carboxylic acids is 1. The Balaban J connectivity index is 1.77. The Labute approximate surface area is 153 Å². The van der Waals surface area contributed by atoms with Crippen LogP contribution in [0.15, 0.2) is 59.5 Å².